The fourth-order valence-electron chi connectivity index (χ4n) is 1.91. The highest BCUT2D eigenvalue weighted by atomic mass is 79.9. The maximum atomic E-state index is 11.8. The molecule has 0 heterocycles. The highest BCUT2D eigenvalue weighted by Crippen LogP contribution is 2.32. The molecule has 100 valence electrons. The number of carbonyl (C=O) groups excluding carboxylic acids is 1. The molecule has 1 fully saturated rings. The van der Waals surface area contributed by atoms with Gasteiger partial charge in [-0.1, -0.05) is 28.1 Å². The minimum absolute atomic E-state index is 0. The molecule has 3 N–H and O–H groups in total. The van der Waals surface area contributed by atoms with E-state index in [1.54, 1.807) is 0 Å². The van der Waals surface area contributed by atoms with Gasteiger partial charge in [0.15, 0.2) is 0 Å². The van der Waals surface area contributed by atoms with Gasteiger partial charge in [-0.05, 0) is 36.5 Å². The molecule has 0 aromatic heterocycles. The van der Waals surface area contributed by atoms with Gasteiger partial charge in [0.05, 0.1) is 6.42 Å². The van der Waals surface area contributed by atoms with Crippen molar-refractivity contribution in [1.29, 1.82) is 0 Å². The number of amides is 1. The quantitative estimate of drug-likeness (QED) is 0.868. The lowest BCUT2D eigenvalue weighted by Gasteiger charge is -2.15. The summed E-state index contributed by atoms with van der Waals surface area (Å²) in [5, 5.41) is 3.02. The van der Waals surface area contributed by atoms with E-state index < -0.39 is 0 Å². The van der Waals surface area contributed by atoms with Gasteiger partial charge in [0.25, 0.3) is 0 Å². The SMILES string of the molecule is Cl.NCC(NC(=O)Cc1ccc(Br)cc1)C1CC1. The molecule has 1 aliphatic rings. The van der Waals surface area contributed by atoms with Crippen LogP contribution in [-0.4, -0.2) is 18.5 Å². The first-order valence-electron chi connectivity index (χ1n) is 5.93. The molecule has 1 amide bonds. The monoisotopic (exact) mass is 332 g/mol. The molecule has 0 bridgehead atoms. The molecule has 1 atom stereocenters. The first-order valence-corrected chi connectivity index (χ1v) is 6.72. The summed E-state index contributed by atoms with van der Waals surface area (Å²) in [4.78, 5) is 11.8. The highest BCUT2D eigenvalue weighted by molar-refractivity contribution is 9.10. The van der Waals surface area contributed by atoms with Crippen LogP contribution in [0, 0.1) is 5.92 Å². The van der Waals surface area contributed by atoms with Crippen molar-refractivity contribution in [3.8, 4) is 0 Å². The lowest BCUT2D eigenvalue weighted by Crippen LogP contribution is -2.42. The Bertz CT molecular complexity index is 392. The number of nitrogens with one attached hydrogen (secondary N) is 1. The summed E-state index contributed by atoms with van der Waals surface area (Å²) in [7, 11) is 0. The predicted octanol–water partition coefficient (Wildman–Crippen LogP) is 2.27. The van der Waals surface area contributed by atoms with Crippen LogP contribution in [0.5, 0.6) is 0 Å². The summed E-state index contributed by atoms with van der Waals surface area (Å²) < 4.78 is 1.03. The predicted molar refractivity (Wildman–Crippen MR) is 78.8 cm³/mol. The third kappa shape index (κ3) is 4.59. The van der Waals surface area contributed by atoms with E-state index in [2.05, 4.69) is 21.2 Å². The normalized spacial score (nSPS) is 15.7. The number of nitrogens with two attached hydrogens (primary N) is 1. The smallest absolute Gasteiger partial charge is 0.224 e. The number of hydrogen-bond donors (Lipinski definition) is 2. The Balaban J connectivity index is 0.00000162. The molecule has 1 aromatic carbocycles. The Kier molecular flexibility index (Phi) is 6.12. The molecular formula is C13H18BrClN2O. The van der Waals surface area contributed by atoms with Gasteiger partial charge in [-0.3, -0.25) is 4.79 Å². The zero-order valence-corrected chi connectivity index (χ0v) is 12.5. The van der Waals surface area contributed by atoms with Crippen LogP contribution in [0.1, 0.15) is 18.4 Å². The number of rotatable bonds is 5. The summed E-state index contributed by atoms with van der Waals surface area (Å²) in [5.41, 5.74) is 6.68. The Labute approximate surface area is 122 Å². The third-order valence-corrected chi connectivity index (χ3v) is 3.60. The highest BCUT2D eigenvalue weighted by Gasteiger charge is 2.31. The van der Waals surface area contributed by atoms with E-state index in [9.17, 15) is 4.79 Å². The third-order valence-electron chi connectivity index (χ3n) is 3.07. The van der Waals surface area contributed by atoms with Gasteiger partial charge >= 0.3 is 0 Å². The molecule has 0 radical (unpaired) electrons. The van der Waals surface area contributed by atoms with Crippen LogP contribution >= 0.6 is 28.3 Å². The van der Waals surface area contributed by atoms with Gasteiger partial charge in [-0.2, -0.15) is 0 Å². The van der Waals surface area contributed by atoms with E-state index in [1.807, 2.05) is 24.3 Å². The van der Waals surface area contributed by atoms with Gasteiger partial charge in [-0.15, -0.1) is 12.4 Å². The Morgan fingerprint density at radius 1 is 1.39 bits per heavy atom. The Hall–Kier alpha value is -0.580. The molecule has 1 aromatic rings. The zero-order valence-electron chi connectivity index (χ0n) is 10.1. The number of carbonyl (C=O) groups is 1. The van der Waals surface area contributed by atoms with Gasteiger partial charge < -0.3 is 11.1 Å². The Morgan fingerprint density at radius 2 is 2.00 bits per heavy atom. The number of halogens is 2. The summed E-state index contributed by atoms with van der Waals surface area (Å²) in [6.45, 7) is 0.538. The summed E-state index contributed by atoms with van der Waals surface area (Å²) in [6.07, 6.45) is 2.82. The molecule has 3 nitrogen and oxygen atoms in total. The van der Waals surface area contributed by atoms with Crippen molar-refractivity contribution in [1.82, 2.24) is 5.32 Å². The second-order valence-corrected chi connectivity index (χ2v) is 5.47. The van der Waals surface area contributed by atoms with Gasteiger partial charge in [0.1, 0.15) is 0 Å². The first-order chi connectivity index (χ1) is 8.19. The van der Waals surface area contributed by atoms with E-state index in [0.717, 1.165) is 10.0 Å². The van der Waals surface area contributed by atoms with E-state index in [0.29, 0.717) is 18.9 Å². The maximum Gasteiger partial charge on any atom is 0.224 e. The van der Waals surface area contributed by atoms with E-state index in [4.69, 9.17) is 5.73 Å². The number of hydrogen-bond acceptors (Lipinski definition) is 2. The van der Waals surface area contributed by atoms with E-state index in [-0.39, 0.29) is 24.4 Å². The molecule has 1 saturated carbocycles. The fourth-order valence-corrected chi connectivity index (χ4v) is 2.18. The van der Waals surface area contributed by atoms with Crippen LogP contribution < -0.4 is 11.1 Å². The first kappa shape index (κ1) is 15.5. The maximum absolute atomic E-state index is 11.8. The average Bonchev–Trinajstić information content (AvgIpc) is 3.13. The lowest BCUT2D eigenvalue weighted by molar-refractivity contribution is -0.121. The minimum Gasteiger partial charge on any atom is -0.352 e. The van der Waals surface area contributed by atoms with Crippen LogP contribution in [0.25, 0.3) is 0 Å². The number of benzene rings is 1. The summed E-state index contributed by atoms with van der Waals surface area (Å²) >= 11 is 3.37. The molecule has 1 aliphatic carbocycles. The molecule has 5 heteroatoms. The van der Waals surface area contributed by atoms with E-state index >= 15 is 0 Å². The zero-order chi connectivity index (χ0) is 12.3. The lowest BCUT2D eigenvalue weighted by atomic mass is 10.1. The largest absolute Gasteiger partial charge is 0.352 e. The van der Waals surface area contributed by atoms with Crippen molar-refractivity contribution in [2.75, 3.05) is 6.54 Å². The summed E-state index contributed by atoms with van der Waals surface area (Å²) in [5.74, 6) is 0.670. The van der Waals surface area contributed by atoms with Gasteiger partial charge in [0, 0.05) is 17.1 Å². The van der Waals surface area contributed by atoms with Crippen molar-refractivity contribution in [2.45, 2.75) is 25.3 Å². The van der Waals surface area contributed by atoms with Crippen molar-refractivity contribution in [3.63, 3.8) is 0 Å². The average molecular weight is 334 g/mol. The molecule has 0 spiro atoms. The standard InChI is InChI=1S/C13H17BrN2O.ClH/c14-11-5-1-9(2-6-11)7-13(17)16-12(8-15)10-3-4-10;/h1-2,5-6,10,12H,3-4,7-8,15H2,(H,16,17);1H. The topological polar surface area (TPSA) is 55.1 Å². The Morgan fingerprint density at radius 3 is 2.50 bits per heavy atom. The fraction of sp³-hybridized carbons (Fsp3) is 0.462. The van der Waals surface area contributed by atoms with Crippen LogP contribution in [0.4, 0.5) is 0 Å². The molecule has 1 unspecified atom stereocenters. The van der Waals surface area contributed by atoms with Crippen LogP contribution in [0.3, 0.4) is 0 Å². The van der Waals surface area contributed by atoms with Crippen molar-refractivity contribution in [3.05, 3.63) is 34.3 Å². The minimum atomic E-state index is 0. The molecule has 18 heavy (non-hydrogen) atoms. The van der Waals surface area contributed by atoms with Crippen molar-refractivity contribution >= 4 is 34.2 Å². The second-order valence-electron chi connectivity index (χ2n) is 4.55. The van der Waals surface area contributed by atoms with Crippen LogP contribution in [-0.2, 0) is 11.2 Å². The van der Waals surface area contributed by atoms with Crippen molar-refractivity contribution in [2.24, 2.45) is 11.7 Å². The van der Waals surface area contributed by atoms with Gasteiger partial charge in [0.2, 0.25) is 5.91 Å². The molecule has 0 saturated heterocycles. The summed E-state index contributed by atoms with van der Waals surface area (Å²) in [6, 6.07) is 7.97. The van der Waals surface area contributed by atoms with Crippen molar-refractivity contribution < 1.29 is 4.79 Å². The van der Waals surface area contributed by atoms with Gasteiger partial charge in [-0.25, -0.2) is 0 Å². The van der Waals surface area contributed by atoms with E-state index in [1.165, 1.54) is 12.8 Å². The molecular weight excluding hydrogens is 316 g/mol. The molecule has 2 rings (SSSR count). The van der Waals surface area contributed by atoms with Crippen LogP contribution in [0.2, 0.25) is 0 Å². The molecule has 0 aliphatic heterocycles. The second kappa shape index (κ2) is 7.12. The van der Waals surface area contributed by atoms with Crippen LogP contribution in [0.15, 0.2) is 28.7 Å².